The number of nitrogens with one attached hydrogen (secondary N) is 3. The highest BCUT2D eigenvalue weighted by atomic mass is 35.5. The minimum Gasteiger partial charge on any atom is -0.426 e. The van der Waals surface area contributed by atoms with E-state index in [-0.39, 0.29) is 23.7 Å². The smallest absolute Gasteiger partial charge is 0.426 e. The lowest BCUT2D eigenvalue weighted by Gasteiger charge is -2.24. The van der Waals surface area contributed by atoms with Crippen molar-refractivity contribution in [3.05, 3.63) is 100 Å². The Kier molecular flexibility index (Phi) is 16.9. The van der Waals surface area contributed by atoms with Crippen LogP contribution in [0.1, 0.15) is 48.0 Å². The summed E-state index contributed by atoms with van der Waals surface area (Å²) in [5, 5.41) is 56.4. The molecule has 0 fully saturated rings. The molecule has 0 aliphatic carbocycles. The zero-order valence-corrected chi connectivity index (χ0v) is 27.5. The normalized spacial score (nSPS) is 13.3. The number of halogens is 2. The Bertz CT molecular complexity index is 1460. The van der Waals surface area contributed by atoms with Crippen LogP contribution in [-0.4, -0.2) is 89.5 Å². The zero-order chi connectivity index (χ0) is 35.8. The van der Waals surface area contributed by atoms with Crippen molar-refractivity contribution in [3.8, 4) is 0 Å². The van der Waals surface area contributed by atoms with Gasteiger partial charge in [0, 0.05) is 30.9 Å². The highest BCUT2D eigenvalue weighted by Gasteiger charge is 2.30. The summed E-state index contributed by atoms with van der Waals surface area (Å²) < 4.78 is 0. The standard InChI is InChI=1S/C19H25BN4O4.C11H12Cl2N2O5/c1-13(2)10-17(20(27)28)24-18(25)15(11-14-6-4-3-5-7-14)23-19(26)16-12-21-8-9-22-16;12-10(13)11(18)14-8(5-16)9(17)6-1-3-7(4-2-6)15(19)20/h3-9,12-13,15,17,27-28H,10-11H2,1-2H3,(H,23,26)(H,24,25);1-4,8-10,16-17H,5H2,(H,14,18)/t15-,17-;8-,9-/m01/s1. The highest BCUT2D eigenvalue weighted by Crippen LogP contribution is 2.21. The van der Waals surface area contributed by atoms with Crippen LogP contribution in [0.2, 0.25) is 0 Å². The molecule has 0 saturated carbocycles. The molecule has 15 nitrogen and oxygen atoms in total. The summed E-state index contributed by atoms with van der Waals surface area (Å²) >= 11 is 10.7. The number of carbonyl (C=O) groups excluding carboxylic acids is 3. The third-order valence-electron chi connectivity index (χ3n) is 6.66. The average Bonchev–Trinajstić information content (AvgIpc) is 3.07. The molecule has 2 aromatic carbocycles. The highest BCUT2D eigenvalue weighted by molar-refractivity contribution is 6.53. The lowest BCUT2D eigenvalue weighted by molar-refractivity contribution is -0.384. The minimum atomic E-state index is -1.69. The van der Waals surface area contributed by atoms with E-state index in [1.165, 1.54) is 42.9 Å². The molecule has 258 valence electrons. The number of rotatable bonds is 15. The first-order valence-electron chi connectivity index (χ1n) is 14.6. The molecule has 0 unspecified atom stereocenters. The molecule has 18 heteroatoms. The van der Waals surface area contributed by atoms with Crippen LogP contribution in [-0.2, 0) is 16.0 Å². The largest absolute Gasteiger partial charge is 0.475 e. The van der Waals surface area contributed by atoms with Gasteiger partial charge in [-0.3, -0.25) is 29.5 Å². The van der Waals surface area contributed by atoms with Crippen molar-refractivity contribution in [2.45, 2.75) is 55.7 Å². The van der Waals surface area contributed by atoms with E-state index in [0.717, 1.165) is 5.56 Å². The molecular weight excluding hydrogens is 670 g/mol. The summed E-state index contributed by atoms with van der Waals surface area (Å²) in [5.41, 5.74) is 1.11. The Morgan fingerprint density at radius 3 is 2.10 bits per heavy atom. The first-order chi connectivity index (χ1) is 22.7. The number of alkyl halides is 2. The molecule has 48 heavy (non-hydrogen) atoms. The third-order valence-corrected chi connectivity index (χ3v) is 7.06. The van der Waals surface area contributed by atoms with E-state index in [4.69, 9.17) is 28.3 Å². The van der Waals surface area contributed by atoms with Crippen LogP contribution < -0.4 is 16.0 Å². The number of hydrogen-bond acceptors (Lipinski definition) is 11. The number of aliphatic hydroxyl groups is 2. The van der Waals surface area contributed by atoms with Gasteiger partial charge >= 0.3 is 7.12 Å². The molecule has 3 amide bonds. The zero-order valence-electron chi connectivity index (χ0n) is 26.0. The molecule has 0 bridgehead atoms. The van der Waals surface area contributed by atoms with Crippen molar-refractivity contribution in [1.82, 2.24) is 25.9 Å². The molecular formula is C30H37BCl2N6O9. The number of aromatic nitrogens is 2. The van der Waals surface area contributed by atoms with Crippen LogP contribution in [0.5, 0.6) is 0 Å². The first-order valence-corrected chi connectivity index (χ1v) is 15.5. The van der Waals surface area contributed by atoms with E-state index >= 15 is 0 Å². The molecule has 0 saturated heterocycles. The summed E-state index contributed by atoms with van der Waals surface area (Å²) in [7, 11) is -1.69. The maximum atomic E-state index is 12.8. The monoisotopic (exact) mass is 706 g/mol. The fourth-order valence-electron chi connectivity index (χ4n) is 4.25. The Hall–Kier alpha value is -4.19. The maximum absolute atomic E-state index is 12.8. The Labute approximate surface area is 287 Å². The van der Waals surface area contributed by atoms with Gasteiger partial charge in [-0.15, -0.1) is 0 Å². The van der Waals surface area contributed by atoms with Gasteiger partial charge in [0.25, 0.3) is 17.5 Å². The molecule has 0 aliphatic heterocycles. The second kappa shape index (κ2) is 20.2. The van der Waals surface area contributed by atoms with Crippen molar-refractivity contribution >= 4 is 53.7 Å². The molecule has 3 rings (SSSR count). The number of hydrogen-bond donors (Lipinski definition) is 7. The molecule has 1 heterocycles. The number of carbonyl (C=O) groups is 3. The number of nitrogens with zero attached hydrogens (tertiary/aromatic N) is 3. The minimum absolute atomic E-state index is 0.0919. The summed E-state index contributed by atoms with van der Waals surface area (Å²) in [4.78, 5) is 53.0. The Morgan fingerprint density at radius 2 is 1.60 bits per heavy atom. The van der Waals surface area contributed by atoms with E-state index in [2.05, 4.69) is 25.9 Å². The topological polar surface area (TPSA) is 237 Å². The van der Waals surface area contributed by atoms with E-state index in [0.29, 0.717) is 12.0 Å². The van der Waals surface area contributed by atoms with E-state index in [9.17, 15) is 39.7 Å². The van der Waals surface area contributed by atoms with Crippen molar-refractivity contribution in [1.29, 1.82) is 0 Å². The van der Waals surface area contributed by atoms with Crippen LogP contribution in [0.4, 0.5) is 5.69 Å². The second-order valence-electron chi connectivity index (χ2n) is 10.9. The van der Waals surface area contributed by atoms with Gasteiger partial charge in [-0.05, 0) is 35.6 Å². The molecule has 0 aliphatic rings. The molecule has 1 aromatic heterocycles. The van der Waals surface area contributed by atoms with Crippen molar-refractivity contribution < 1.29 is 39.6 Å². The SMILES string of the molecule is CC(C)C[C@H](NC(=O)[C@H](Cc1ccccc1)NC(=O)c1cnccn1)B(O)O.O=C(N[C@H](CO)[C@H](O)c1ccc([N+](=O)[O-])cc1)C(Cl)Cl. The van der Waals surface area contributed by atoms with Gasteiger partial charge < -0.3 is 36.2 Å². The average molecular weight is 707 g/mol. The fourth-order valence-corrected chi connectivity index (χ4v) is 4.38. The van der Waals surface area contributed by atoms with Crippen molar-refractivity contribution in [2.75, 3.05) is 6.61 Å². The maximum Gasteiger partial charge on any atom is 0.475 e. The van der Waals surface area contributed by atoms with E-state index in [1.54, 1.807) is 0 Å². The quantitative estimate of drug-likeness (QED) is 0.0514. The van der Waals surface area contributed by atoms with Crippen LogP contribution >= 0.6 is 23.2 Å². The molecule has 3 aromatic rings. The van der Waals surface area contributed by atoms with Crippen LogP contribution in [0.25, 0.3) is 0 Å². The van der Waals surface area contributed by atoms with Gasteiger partial charge in [0.1, 0.15) is 17.8 Å². The lowest BCUT2D eigenvalue weighted by atomic mass is 9.75. The number of nitro groups is 1. The predicted octanol–water partition coefficient (Wildman–Crippen LogP) is 1.27. The Morgan fingerprint density at radius 1 is 0.958 bits per heavy atom. The van der Waals surface area contributed by atoms with Gasteiger partial charge in [-0.2, -0.15) is 0 Å². The van der Waals surface area contributed by atoms with Gasteiger partial charge in [0.15, 0.2) is 4.84 Å². The summed E-state index contributed by atoms with van der Waals surface area (Å²) in [6.45, 7) is 3.28. The lowest BCUT2D eigenvalue weighted by Crippen LogP contribution is -2.55. The summed E-state index contributed by atoms with van der Waals surface area (Å²) in [6, 6.07) is 12.4. The fraction of sp³-hybridized carbons (Fsp3) is 0.367. The summed E-state index contributed by atoms with van der Waals surface area (Å²) in [5.74, 6) is -2.48. The van der Waals surface area contributed by atoms with E-state index < -0.39 is 65.3 Å². The molecule has 4 atom stereocenters. The van der Waals surface area contributed by atoms with Gasteiger partial charge in [-0.1, -0.05) is 67.4 Å². The Balaban J connectivity index is 0.000000353. The van der Waals surface area contributed by atoms with Gasteiger partial charge in [-0.25, -0.2) is 4.98 Å². The summed E-state index contributed by atoms with van der Waals surface area (Å²) in [6.07, 6.45) is 3.53. The van der Waals surface area contributed by atoms with Crippen LogP contribution in [0, 0.1) is 16.0 Å². The number of benzene rings is 2. The molecule has 0 spiro atoms. The second-order valence-corrected chi connectivity index (χ2v) is 12.0. The van der Waals surface area contributed by atoms with Gasteiger partial charge in [0.2, 0.25) is 5.91 Å². The molecule has 7 N–H and O–H groups in total. The van der Waals surface area contributed by atoms with Crippen molar-refractivity contribution in [2.24, 2.45) is 5.92 Å². The number of nitro benzene ring substituents is 1. The first kappa shape index (κ1) is 40.0. The number of amides is 3. The van der Waals surface area contributed by atoms with Gasteiger partial charge in [0.05, 0.1) is 29.7 Å². The van der Waals surface area contributed by atoms with E-state index in [1.807, 2.05) is 44.2 Å². The third kappa shape index (κ3) is 13.5. The predicted molar refractivity (Wildman–Crippen MR) is 178 cm³/mol. The number of aliphatic hydroxyl groups excluding tert-OH is 2. The van der Waals surface area contributed by atoms with Crippen LogP contribution in [0.15, 0.2) is 73.2 Å². The number of non-ortho nitro benzene ring substituents is 1. The van der Waals surface area contributed by atoms with Crippen LogP contribution in [0.3, 0.4) is 0 Å². The molecule has 0 radical (unpaired) electrons. The van der Waals surface area contributed by atoms with Crippen molar-refractivity contribution in [3.63, 3.8) is 0 Å².